The van der Waals surface area contributed by atoms with Crippen LogP contribution in [0.1, 0.15) is 11.8 Å². The molecule has 6 rings (SSSR count). The van der Waals surface area contributed by atoms with Crippen LogP contribution in [0.4, 0.5) is 11.6 Å². The van der Waals surface area contributed by atoms with Gasteiger partial charge in [-0.1, -0.05) is 42.5 Å². The van der Waals surface area contributed by atoms with Crippen LogP contribution in [-0.2, 0) is 15.9 Å². The number of ether oxygens (including phenoxy) is 2. The molecule has 192 valence electrons. The molecule has 2 aliphatic heterocycles. The number of rotatable bonds is 7. The van der Waals surface area contributed by atoms with E-state index in [2.05, 4.69) is 27.3 Å². The lowest BCUT2D eigenvalue weighted by Gasteiger charge is -2.26. The summed E-state index contributed by atoms with van der Waals surface area (Å²) in [5.41, 5.74) is 4.74. The molecule has 3 atom stereocenters. The number of aromatic nitrogens is 3. The summed E-state index contributed by atoms with van der Waals surface area (Å²) in [5, 5.41) is 24.8. The van der Waals surface area contributed by atoms with Gasteiger partial charge in [-0.2, -0.15) is 4.98 Å². The Labute approximate surface area is 215 Å². The van der Waals surface area contributed by atoms with Crippen molar-refractivity contribution < 1.29 is 19.7 Å². The Bertz CT molecular complexity index is 1340. The second-order valence-corrected chi connectivity index (χ2v) is 9.55. The van der Waals surface area contributed by atoms with Crippen molar-refractivity contribution in [2.75, 3.05) is 44.8 Å². The molecule has 3 N–H and O–H groups in total. The fourth-order valence-electron chi connectivity index (χ4n) is 4.96. The van der Waals surface area contributed by atoms with Gasteiger partial charge in [0.15, 0.2) is 6.23 Å². The van der Waals surface area contributed by atoms with Crippen LogP contribution in [0.15, 0.2) is 67.0 Å². The molecule has 2 fully saturated rings. The quantitative estimate of drug-likeness (QED) is 0.355. The van der Waals surface area contributed by atoms with Crippen molar-refractivity contribution in [3.05, 3.63) is 72.6 Å². The van der Waals surface area contributed by atoms with Gasteiger partial charge in [0.1, 0.15) is 17.9 Å². The first-order chi connectivity index (χ1) is 18.2. The normalized spacial score (nSPS) is 22.5. The Morgan fingerprint density at radius 1 is 1.00 bits per heavy atom. The van der Waals surface area contributed by atoms with E-state index in [4.69, 9.17) is 14.5 Å². The number of anilines is 2. The molecule has 9 heteroatoms. The maximum atomic E-state index is 10.5. The number of hydrogen-bond donors (Lipinski definition) is 3. The van der Waals surface area contributed by atoms with Gasteiger partial charge in [0.05, 0.1) is 19.8 Å². The predicted octanol–water partition coefficient (Wildman–Crippen LogP) is 2.97. The van der Waals surface area contributed by atoms with Crippen molar-refractivity contribution in [1.82, 2.24) is 19.4 Å². The first-order valence-electron chi connectivity index (χ1n) is 12.7. The Hall–Kier alpha value is -3.34. The third-order valence-electron chi connectivity index (χ3n) is 7.09. The van der Waals surface area contributed by atoms with Gasteiger partial charge in [-0.3, -0.25) is 4.90 Å². The summed E-state index contributed by atoms with van der Waals surface area (Å²) in [4.78, 5) is 11.8. The minimum atomic E-state index is -1.05. The topological polar surface area (TPSA) is 105 Å². The van der Waals surface area contributed by atoms with Crippen LogP contribution < -0.4 is 5.32 Å². The molecule has 9 nitrogen and oxygen atoms in total. The van der Waals surface area contributed by atoms with Gasteiger partial charge in [-0.25, -0.2) is 4.98 Å². The van der Waals surface area contributed by atoms with Crippen molar-refractivity contribution in [2.24, 2.45) is 0 Å². The van der Waals surface area contributed by atoms with Gasteiger partial charge < -0.3 is 29.6 Å². The molecule has 4 heterocycles. The number of aliphatic hydroxyl groups is 2. The van der Waals surface area contributed by atoms with E-state index in [9.17, 15) is 10.2 Å². The van der Waals surface area contributed by atoms with E-state index in [1.807, 2.05) is 48.7 Å². The molecule has 0 bridgehead atoms. The average Bonchev–Trinajstić information content (AvgIpc) is 3.48. The molecule has 4 aromatic rings. The van der Waals surface area contributed by atoms with Gasteiger partial charge in [0, 0.05) is 48.7 Å². The molecule has 0 saturated carbocycles. The molecule has 0 unspecified atom stereocenters. The monoisotopic (exact) mass is 501 g/mol. The van der Waals surface area contributed by atoms with Crippen LogP contribution in [0, 0.1) is 0 Å². The van der Waals surface area contributed by atoms with Gasteiger partial charge in [-0.15, -0.1) is 0 Å². The SMILES string of the molecule is O[C@@H]1[C@H](O)CO[C@H]1n1cc(-c2ccccc2)c2cnc(Nc3ccc(CCN4CCOCC4)cc3)nc21. The first-order valence-corrected chi connectivity index (χ1v) is 12.7. The van der Waals surface area contributed by atoms with Crippen LogP contribution in [0.2, 0.25) is 0 Å². The largest absolute Gasteiger partial charge is 0.388 e. The second kappa shape index (κ2) is 10.6. The molecule has 2 aromatic heterocycles. The van der Waals surface area contributed by atoms with Crippen molar-refractivity contribution >= 4 is 22.7 Å². The number of benzene rings is 2. The lowest BCUT2D eigenvalue weighted by atomic mass is 10.1. The van der Waals surface area contributed by atoms with Crippen LogP contribution in [0.5, 0.6) is 0 Å². The van der Waals surface area contributed by atoms with Gasteiger partial charge >= 0.3 is 0 Å². The van der Waals surface area contributed by atoms with Crippen molar-refractivity contribution in [2.45, 2.75) is 24.9 Å². The highest BCUT2D eigenvalue weighted by Gasteiger charge is 2.37. The van der Waals surface area contributed by atoms with E-state index in [0.29, 0.717) is 11.6 Å². The molecule has 37 heavy (non-hydrogen) atoms. The number of fused-ring (bicyclic) bond motifs is 1. The van der Waals surface area contributed by atoms with Gasteiger partial charge in [-0.05, 0) is 29.7 Å². The summed E-state index contributed by atoms with van der Waals surface area (Å²) in [6.07, 6.45) is 1.97. The van der Waals surface area contributed by atoms with Crippen LogP contribution in [-0.4, -0.2) is 81.3 Å². The van der Waals surface area contributed by atoms with E-state index in [1.54, 1.807) is 10.8 Å². The number of nitrogens with one attached hydrogen (secondary N) is 1. The second-order valence-electron chi connectivity index (χ2n) is 9.55. The summed E-state index contributed by atoms with van der Waals surface area (Å²) in [7, 11) is 0. The fourth-order valence-corrected chi connectivity index (χ4v) is 4.96. The minimum absolute atomic E-state index is 0.0697. The molecule has 2 aromatic carbocycles. The Morgan fingerprint density at radius 3 is 2.51 bits per heavy atom. The highest BCUT2D eigenvalue weighted by atomic mass is 16.5. The number of morpholine rings is 1. The molecule has 2 saturated heterocycles. The number of aliphatic hydroxyl groups excluding tert-OH is 2. The lowest BCUT2D eigenvalue weighted by Crippen LogP contribution is -2.37. The molecular weight excluding hydrogens is 470 g/mol. The number of hydrogen-bond acceptors (Lipinski definition) is 8. The van der Waals surface area contributed by atoms with Gasteiger partial charge in [0.2, 0.25) is 5.95 Å². The van der Waals surface area contributed by atoms with E-state index in [1.165, 1.54) is 5.56 Å². The molecular formula is C28H31N5O4. The Morgan fingerprint density at radius 2 is 1.78 bits per heavy atom. The van der Waals surface area contributed by atoms with Crippen molar-refractivity contribution in [3.8, 4) is 11.1 Å². The van der Waals surface area contributed by atoms with E-state index in [0.717, 1.165) is 61.5 Å². The summed E-state index contributed by atoms with van der Waals surface area (Å²) < 4.78 is 12.9. The summed E-state index contributed by atoms with van der Waals surface area (Å²) in [5.74, 6) is 0.445. The summed E-state index contributed by atoms with van der Waals surface area (Å²) >= 11 is 0. The molecule has 0 spiro atoms. The van der Waals surface area contributed by atoms with E-state index in [-0.39, 0.29) is 6.61 Å². The first kappa shape index (κ1) is 24.0. The standard InChI is InChI=1S/C28H31N5O4/c34-24-18-37-27(25(24)35)33-17-23(20-4-2-1-3-5-20)22-16-29-28(31-26(22)33)30-21-8-6-19(7-9-21)10-11-32-12-14-36-15-13-32/h1-9,16-17,24-25,27,34-35H,10-15,18H2,(H,29,30,31)/t24-,25-,27-/m1/s1. The zero-order valence-electron chi connectivity index (χ0n) is 20.5. The smallest absolute Gasteiger partial charge is 0.229 e. The highest BCUT2D eigenvalue weighted by molar-refractivity contribution is 5.94. The van der Waals surface area contributed by atoms with Crippen molar-refractivity contribution in [3.63, 3.8) is 0 Å². The average molecular weight is 502 g/mol. The third kappa shape index (κ3) is 5.09. The molecule has 0 amide bonds. The predicted molar refractivity (Wildman–Crippen MR) is 141 cm³/mol. The zero-order chi connectivity index (χ0) is 25.2. The zero-order valence-corrected chi connectivity index (χ0v) is 20.5. The molecule has 2 aliphatic rings. The van der Waals surface area contributed by atoms with Crippen LogP contribution in [0.3, 0.4) is 0 Å². The van der Waals surface area contributed by atoms with E-state index < -0.39 is 18.4 Å². The van der Waals surface area contributed by atoms with E-state index >= 15 is 0 Å². The molecule has 0 radical (unpaired) electrons. The minimum Gasteiger partial charge on any atom is -0.388 e. The maximum absolute atomic E-state index is 10.5. The summed E-state index contributed by atoms with van der Waals surface area (Å²) in [6.45, 7) is 4.72. The Kier molecular flexibility index (Phi) is 6.86. The Balaban J connectivity index is 1.25. The lowest BCUT2D eigenvalue weighted by molar-refractivity contribution is -0.0159. The van der Waals surface area contributed by atoms with Crippen molar-refractivity contribution in [1.29, 1.82) is 0 Å². The highest BCUT2D eigenvalue weighted by Crippen LogP contribution is 2.35. The number of nitrogens with zero attached hydrogens (tertiary/aromatic N) is 4. The van der Waals surface area contributed by atoms with Gasteiger partial charge in [0.25, 0.3) is 0 Å². The van der Waals surface area contributed by atoms with Crippen LogP contribution >= 0.6 is 0 Å². The van der Waals surface area contributed by atoms with Crippen LogP contribution in [0.25, 0.3) is 22.2 Å². The third-order valence-corrected chi connectivity index (χ3v) is 7.09. The fraction of sp³-hybridized carbons (Fsp3) is 0.357. The maximum Gasteiger partial charge on any atom is 0.229 e. The summed E-state index contributed by atoms with van der Waals surface area (Å²) in [6, 6.07) is 18.3. The molecule has 0 aliphatic carbocycles.